The summed E-state index contributed by atoms with van der Waals surface area (Å²) in [5.41, 5.74) is 0.433. The molecule has 2 aliphatic rings. The number of sulfone groups is 1. The molecule has 1 unspecified atom stereocenters. The van der Waals surface area contributed by atoms with Gasteiger partial charge in [-0.15, -0.1) is 24.0 Å². The van der Waals surface area contributed by atoms with Gasteiger partial charge in [-0.3, -0.25) is 4.99 Å². The van der Waals surface area contributed by atoms with Crippen molar-refractivity contribution in [2.75, 3.05) is 31.6 Å². The van der Waals surface area contributed by atoms with Crippen LogP contribution < -0.4 is 10.6 Å². The molecule has 1 saturated carbocycles. The number of guanidine groups is 1. The molecule has 1 aliphatic carbocycles. The highest BCUT2D eigenvalue weighted by atomic mass is 127. The van der Waals surface area contributed by atoms with E-state index in [9.17, 15) is 8.42 Å². The summed E-state index contributed by atoms with van der Waals surface area (Å²) in [5, 5.41) is 6.75. The molecule has 2 rings (SSSR count). The van der Waals surface area contributed by atoms with Crippen molar-refractivity contribution in [1.82, 2.24) is 10.6 Å². The lowest BCUT2D eigenvalue weighted by molar-refractivity contribution is 0.104. The zero-order chi connectivity index (χ0) is 16.2. The third-order valence-corrected chi connectivity index (χ3v) is 6.83. The summed E-state index contributed by atoms with van der Waals surface area (Å²) in [6.07, 6.45) is 5.97. The molecule has 0 bridgehead atoms. The van der Waals surface area contributed by atoms with Gasteiger partial charge in [-0.25, -0.2) is 8.42 Å². The van der Waals surface area contributed by atoms with E-state index < -0.39 is 9.84 Å². The fourth-order valence-corrected chi connectivity index (χ4v) is 5.62. The fourth-order valence-electron chi connectivity index (χ4n) is 3.76. The first-order valence-electron chi connectivity index (χ1n) is 8.49. The normalized spacial score (nSPS) is 25.6. The third kappa shape index (κ3) is 6.40. The summed E-state index contributed by atoms with van der Waals surface area (Å²) >= 11 is 0. The molecule has 0 amide bonds. The highest BCUT2D eigenvalue weighted by Crippen LogP contribution is 2.45. The van der Waals surface area contributed by atoms with Crippen LogP contribution in [0.2, 0.25) is 0 Å². The number of aliphatic imine (C=N–C) groups is 1. The summed E-state index contributed by atoms with van der Waals surface area (Å²) in [7, 11) is -1.02. The van der Waals surface area contributed by atoms with E-state index in [0.717, 1.165) is 24.8 Å². The van der Waals surface area contributed by atoms with Gasteiger partial charge in [-0.2, -0.15) is 0 Å². The number of rotatable bonds is 6. The van der Waals surface area contributed by atoms with Gasteiger partial charge in [0.15, 0.2) is 15.8 Å². The van der Waals surface area contributed by atoms with E-state index in [1.807, 2.05) is 0 Å². The minimum absolute atomic E-state index is 0. The zero-order valence-corrected chi connectivity index (χ0v) is 17.7. The first kappa shape index (κ1) is 21.0. The maximum atomic E-state index is 11.5. The second-order valence-electron chi connectivity index (χ2n) is 7.53. The minimum atomic E-state index is -2.79. The molecular weight excluding hydrogens is 425 g/mol. The summed E-state index contributed by atoms with van der Waals surface area (Å²) in [6, 6.07) is 0. The fraction of sp³-hybridized carbons (Fsp3) is 0.938. The van der Waals surface area contributed by atoms with Crippen LogP contribution in [0.25, 0.3) is 0 Å². The van der Waals surface area contributed by atoms with Crippen molar-refractivity contribution in [2.45, 2.75) is 46.0 Å². The molecule has 7 heteroatoms. The van der Waals surface area contributed by atoms with Crippen molar-refractivity contribution in [2.24, 2.45) is 22.2 Å². The smallest absolute Gasteiger partial charge is 0.191 e. The highest BCUT2D eigenvalue weighted by molar-refractivity contribution is 14.0. The topological polar surface area (TPSA) is 70.6 Å². The van der Waals surface area contributed by atoms with Crippen LogP contribution in [0.3, 0.4) is 0 Å². The lowest BCUT2D eigenvalue weighted by Crippen LogP contribution is -2.47. The SMILES string of the molecule is CN=C(NCC1CCS(=O)(=O)C1)NCC1(CC(C)C)CCC1.I. The molecule has 5 nitrogen and oxygen atoms in total. The second kappa shape index (κ2) is 8.87. The first-order valence-corrected chi connectivity index (χ1v) is 10.3. The Morgan fingerprint density at radius 2 is 2.00 bits per heavy atom. The Balaban J connectivity index is 0.00000264. The lowest BCUT2D eigenvalue weighted by atomic mass is 9.64. The van der Waals surface area contributed by atoms with Gasteiger partial charge in [-0.05, 0) is 42.9 Å². The zero-order valence-electron chi connectivity index (χ0n) is 14.6. The predicted molar refractivity (Wildman–Crippen MR) is 107 cm³/mol. The van der Waals surface area contributed by atoms with Crippen LogP contribution in [0.1, 0.15) is 46.0 Å². The van der Waals surface area contributed by atoms with Gasteiger partial charge >= 0.3 is 0 Å². The molecule has 2 N–H and O–H groups in total. The van der Waals surface area contributed by atoms with Gasteiger partial charge in [0.2, 0.25) is 0 Å². The number of halogens is 1. The highest BCUT2D eigenvalue weighted by Gasteiger charge is 2.37. The predicted octanol–water partition coefficient (Wildman–Crippen LogP) is 2.42. The average molecular weight is 457 g/mol. The molecule has 136 valence electrons. The number of nitrogens with one attached hydrogen (secondary N) is 2. The maximum Gasteiger partial charge on any atom is 0.191 e. The lowest BCUT2D eigenvalue weighted by Gasteiger charge is -2.43. The second-order valence-corrected chi connectivity index (χ2v) is 9.76. The Labute approximate surface area is 158 Å². The third-order valence-electron chi connectivity index (χ3n) is 4.99. The van der Waals surface area contributed by atoms with Crippen LogP contribution in [0.15, 0.2) is 4.99 Å². The van der Waals surface area contributed by atoms with Gasteiger partial charge in [-0.1, -0.05) is 20.3 Å². The van der Waals surface area contributed by atoms with E-state index in [-0.39, 0.29) is 29.9 Å². The number of hydrogen-bond donors (Lipinski definition) is 2. The molecule has 0 aromatic carbocycles. The Morgan fingerprint density at radius 1 is 1.30 bits per heavy atom. The molecule has 0 spiro atoms. The van der Waals surface area contributed by atoms with Crippen LogP contribution in [0, 0.1) is 17.3 Å². The van der Waals surface area contributed by atoms with Crippen molar-refractivity contribution < 1.29 is 8.42 Å². The van der Waals surface area contributed by atoms with Gasteiger partial charge in [0.25, 0.3) is 0 Å². The van der Waals surface area contributed by atoms with Crippen molar-refractivity contribution in [3.8, 4) is 0 Å². The molecule has 0 radical (unpaired) electrons. The van der Waals surface area contributed by atoms with E-state index >= 15 is 0 Å². The Bertz CT molecular complexity index is 501. The van der Waals surface area contributed by atoms with Gasteiger partial charge in [0.05, 0.1) is 11.5 Å². The van der Waals surface area contributed by atoms with Crippen LogP contribution in [-0.2, 0) is 9.84 Å². The van der Waals surface area contributed by atoms with Crippen LogP contribution in [0.4, 0.5) is 0 Å². The van der Waals surface area contributed by atoms with E-state index in [2.05, 4.69) is 29.5 Å². The van der Waals surface area contributed by atoms with E-state index in [1.54, 1.807) is 7.05 Å². The molecule has 1 heterocycles. The molecular formula is C16H32IN3O2S. The minimum Gasteiger partial charge on any atom is -0.356 e. The molecule has 0 aromatic rings. The van der Waals surface area contributed by atoms with E-state index in [4.69, 9.17) is 0 Å². The summed E-state index contributed by atoms with van der Waals surface area (Å²) < 4.78 is 23.0. The standard InChI is InChI=1S/C16H31N3O2S.HI/c1-13(2)9-16(6-4-7-16)12-19-15(17-3)18-10-14-5-8-22(20,21)11-14;/h13-14H,4-12H2,1-3H3,(H2,17,18,19);1H. The molecule has 0 aromatic heterocycles. The van der Waals surface area contributed by atoms with Gasteiger partial charge < -0.3 is 10.6 Å². The molecule has 23 heavy (non-hydrogen) atoms. The average Bonchev–Trinajstić information content (AvgIpc) is 2.74. The summed E-state index contributed by atoms with van der Waals surface area (Å²) in [4.78, 5) is 4.27. The molecule has 1 atom stereocenters. The summed E-state index contributed by atoms with van der Waals surface area (Å²) in [6.45, 7) is 6.23. The first-order chi connectivity index (χ1) is 10.3. The Hall–Kier alpha value is -0.0500. The Morgan fingerprint density at radius 3 is 2.43 bits per heavy atom. The molecule has 2 fully saturated rings. The van der Waals surface area contributed by atoms with Gasteiger partial charge in [0.1, 0.15) is 0 Å². The quantitative estimate of drug-likeness (QED) is 0.365. The monoisotopic (exact) mass is 457 g/mol. The van der Waals surface area contributed by atoms with E-state index in [1.165, 1.54) is 25.7 Å². The van der Waals surface area contributed by atoms with Gasteiger partial charge in [0, 0.05) is 20.1 Å². The number of hydrogen-bond acceptors (Lipinski definition) is 3. The molecule has 1 saturated heterocycles. The van der Waals surface area contributed by atoms with Crippen molar-refractivity contribution in [1.29, 1.82) is 0 Å². The van der Waals surface area contributed by atoms with Crippen molar-refractivity contribution >= 4 is 39.8 Å². The van der Waals surface area contributed by atoms with Crippen LogP contribution in [-0.4, -0.2) is 46.0 Å². The largest absolute Gasteiger partial charge is 0.356 e. The number of nitrogens with zero attached hydrogens (tertiary/aromatic N) is 1. The summed E-state index contributed by atoms with van der Waals surface area (Å²) in [5.74, 6) is 2.40. The maximum absolute atomic E-state index is 11.5. The van der Waals surface area contributed by atoms with Crippen LogP contribution >= 0.6 is 24.0 Å². The van der Waals surface area contributed by atoms with Crippen LogP contribution in [0.5, 0.6) is 0 Å². The molecule has 1 aliphatic heterocycles. The van der Waals surface area contributed by atoms with Crippen molar-refractivity contribution in [3.05, 3.63) is 0 Å². The van der Waals surface area contributed by atoms with Crippen molar-refractivity contribution in [3.63, 3.8) is 0 Å². The Kier molecular flexibility index (Phi) is 8.10. The van der Waals surface area contributed by atoms with E-state index in [0.29, 0.717) is 23.5 Å².